The highest BCUT2D eigenvalue weighted by Gasteiger charge is 2.17. The maximum absolute atomic E-state index is 12.4. The monoisotopic (exact) mass is 902 g/mol. The van der Waals surface area contributed by atoms with Gasteiger partial charge in [-0.05, 0) is 89.9 Å². The largest absolute Gasteiger partial charge is 0.394 e. The molecule has 1 amide bonds. The molecule has 374 valence electrons. The first-order valence-electron chi connectivity index (χ1n) is 28.0. The van der Waals surface area contributed by atoms with Crippen molar-refractivity contribution in [3.63, 3.8) is 0 Å². The number of aliphatic hydroxyl groups excluding tert-OH is 2. The summed E-state index contributed by atoms with van der Waals surface area (Å²) in [6.07, 6.45) is 82.9. The molecule has 0 aromatic carbocycles. The number of rotatable bonds is 50. The topological polar surface area (TPSA) is 69.6 Å². The molecule has 0 saturated carbocycles. The van der Waals surface area contributed by atoms with Gasteiger partial charge >= 0.3 is 0 Å². The van der Waals surface area contributed by atoms with Gasteiger partial charge in [0.1, 0.15) is 0 Å². The molecule has 0 fully saturated rings. The summed E-state index contributed by atoms with van der Waals surface area (Å²) in [6, 6.07) is -0.647. The van der Waals surface area contributed by atoms with Gasteiger partial charge in [0, 0.05) is 6.42 Å². The van der Waals surface area contributed by atoms with E-state index in [1.807, 2.05) is 6.08 Å². The zero-order chi connectivity index (χ0) is 47.0. The summed E-state index contributed by atoms with van der Waals surface area (Å²) in [5.41, 5.74) is 0. The van der Waals surface area contributed by atoms with Crippen molar-refractivity contribution in [2.45, 2.75) is 276 Å². The highest BCUT2D eigenvalue weighted by molar-refractivity contribution is 5.76. The average molecular weight is 903 g/mol. The van der Waals surface area contributed by atoms with Crippen molar-refractivity contribution >= 4 is 5.91 Å². The fraction of sp³-hybridized carbons (Fsp3) is 0.721. The lowest BCUT2D eigenvalue weighted by Crippen LogP contribution is -2.45. The van der Waals surface area contributed by atoms with E-state index in [1.54, 1.807) is 6.08 Å². The van der Waals surface area contributed by atoms with Crippen molar-refractivity contribution in [2.75, 3.05) is 6.61 Å². The molecule has 0 rings (SSSR count). The van der Waals surface area contributed by atoms with Crippen molar-refractivity contribution < 1.29 is 15.0 Å². The van der Waals surface area contributed by atoms with E-state index in [1.165, 1.54) is 173 Å². The Morgan fingerprint density at radius 3 is 1.08 bits per heavy atom. The fourth-order valence-corrected chi connectivity index (χ4v) is 8.06. The molecule has 4 nitrogen and oxygen atoms in total. The number of allylic oxidation sites excluding steroid dienone is 15. The second-order valence-electron chi connectivity index (χ2n) is 18.6. The minimum absolute atomic E-state index is 0.0778. The zero-order valence-corrected chi connectivity index (χ0v) is 43.0. The number of carbonyl (C=O) groups excluding carboxylic acids is 1. The minimum Gasteiger partial charge on any atom is -0.394 e. The molecule has 65 heavy (non-hydrogen) atoms. The number of unbranched alkanes of at least 4 members (excludes halogenated alkanes) is 29. The van der Waals surface area contributed by atoms with Crippen LogP contribution in [0, 0.1) is 0 Å². The first-order valence-corrected chi connectivity index (χ1v) is 28.0. The zero-order valence-electron chi connectivity index (χ0n) is 43.0. The van der Waals surface area contributed by atoms with E-state index in [-0.39, 0.29) is 12.5 Å². The van der Waals surface area contributed by atoms with E-state index in [4.69, 9.17) is 0 Å². The summed E-state index contributed by atoms with van der Waals surface area (Å²) in [7, 11) is 0. The van der Waals surface area contributed by atoms with Gasteiger partial charge in [0.05, 0.1) is 18.8 Å². The van der Waals surface area contributed by atoms with Crippen LogP contribution >= 0.6 is 0 Å². The number of aliphatic hydroxyl groups is 2. The van der Waals surface area contributed by atoms with Gasteiger partial charge in [-0.25, -0.2) is 0 Å². The Bertz CT molecular complexity index is 1210. The smallest absolute Gasteiger partial charge is 0.220 e. The third-order valence-electron chi connectivity index (χ3n) is 12.3. The molecule has 0 heterocycles. The molecule has 0 aliphatic heterocycles. The van der Waals surface area contributed by atoms with Gasteiger partial charge in [-0.1, -0.05) is 265 Å². The molecule has 0 aromatic rings. The molecule has 3 N–H and O–H groups in total. The van der Waals surface area contributed by atoms with E-state index in [0.717, 1.165) is 70.6 Å². The van der Waals surface area contributed by atoms with Gasteiger partial charge in [0.15, 0.2) is 0 Å². The third kappa shape index (κ3) is 52.1. The highest BCUT2D eigenvalue weighted by atomic mass is 16.3. The van der Waals surface area contributed by atoms with Crippen LogP contribution in [0.1, 0.15) is 264 Å². The lowest BCUT2D eigenvalue weighted by Gasteiger charge is -2.19. The normalized spacial score (nSPS) is 13.6. The van der Waals surface area contributed by atoms with Gasteiger partial charge < -0.3 is 15.5 Å². The fourth-order valence-electron chi connectivity index (χ4n) is 8.06. The molecule has 2 unspecified atom stereocenters. The molecule has 4 heteroatoms. The molecular formula is C61H107NO3. The van der Waals surface area contributed by atoms with E-state index in [0.29, 0.717) is 6.42 Å². The standard InChI is InChI=1S/C61H107NO3/c1-3-5-7-9-11-13-15-17-19-20-21-22-23-24-25-26-27-28-29-30-31-32-33-34-35-36-37-38-39-40-41-42-43-45-47-49-51-53-55-57-61(65)62-59(58-63)60(64)56-54-52-50-48-46-44-18-16-14-12-10-8-6-4-2/h5,7,11,13-14,16-17,19,21-22,24-25,46,48,54,56,59-60,63-64H,3-4,6,8-10,12,15,18,20,23,26-45,47,49-53,55,57-58H2,1-2H3,(H,62,65)/b7-5-,13-11-,16-14+,19-17-,22-21-,25-24-,48-46+,56-54+. The molecule has 0 bridgehead atoms. The third-order valence-corrected chi connectivity index (χ3v) is 12.3. The minimum atomic E-state index is -0.872. The summed E-state index contributed by atoms with van der Waals surface area (Å²) in [4.78, 5) is 12.4. The van der Waals surface area contributed by atoms with E-state index >= 15 is 0 Å². The van der Waals surface area contributed by atoms with Crippen LogP contribution in [0.5, 0.6) is 0 Å². The van der Waals surface area contributed by atoms with Gasteiger partial charge in [-0.3, -0.25) is 4.79 Å². The predicted octanol–water partition coefficient (Wildman–Crippen LogP) is 18.5. The van der Waals surface area contributed by atoms with Gasteiger partial charge in [-0.2, -0.15) is 0 Å². The summed E-state index contributed by atoms with van der Waals surface area (Å²) >= 11 is 0. The maximum atomic E-state index is 12.4. The first kappa shape index (κ1) is 62.3. The van der Waals surface area contributed by atoms with Crippen molar-refractivity contribution in [2.24, 2.45) is 0 Å². The van der Waals surface area contributed by atoms with Crippen molar-refractivity contribution in [1.82, 2.24) is 5.32 Å². The van der Waals surface area contributed by atoms with Crippen molar-refractivity contribution in [3.8, 4) is 0 Å². The Labute approximate surface area is 404 Å². The molecule has 0 aliphatic rings. The Morgan fingerprint density at radius 2 is 0.692 bits per heavy atom. The summed E-state index contributed by atoms with van der Waals surface area (Å²) in [5.74, 6) is -0.0778. The molecule has 0 aromatic heterocycles. The highest BCUT2D eigenvalue weighted by Crippen LogP contribution is 2.16. The van der Waals surface area contributed by atoms with Crippen molar-refractivity contribution in [3.05, 3.63) is 97.2 Å². The molecule has 0 radical (unpaired) electrons. The lowest BCUT2D eigenvalue weighted by atomic mass is 10.0. The number of nitrogens with one attached hydrogen (secondary N) is 1. The Hall–Kier alpha value is -2.69. The van der Waals surface area contributed by atoms with E-state index in [2.05, 4.69) is 104 Å². The van der Waals surface area contributed by atoms with Crippen LogP contribution in [0.15, 0.2) is 97.2 Å². The number of amides is 1. The predicted molar refractivity (Wildman–Crippen MR) is 290 cm³/mol. The van der Waals surface area contributed by atoms with E-state index in [9.17, 15) is 15.0 Å². The first-order chi connectivity index (χ1) is 32.2. The summed E-state index contributed by atoms with van der Waals surface area (Å²) < 4.78 is 0. The van der Waals surface area contributed by atoms with E-state index < -0.39 is 12.1 Å². The summed E-state index contributed by atoms with van der Waals surface area (Å²) in [6.45, 7) is 4.16. The van der Waals surface area contributed by atoms with Crippen LogP contribution in [0.2, 0.25) is 0 Å². The second-order valence-corrected chi connectivity index (χ2v) is 18.6. The van der Waals surface area contributed by atoms with Crippen LogP contribution in [0.4, 0.5) is 0 Å². The number of hydrogen-bond donors (Lipinski definition) is 3. The van der Waals surface area contributed by atoms with Gasteiger partial charge in [0.25, 0.3) is 0 Å². The molecule has 0 spiro atoms. The molecule has 2 atom stereocenters. The van der Waals surface area contributed by atoms with Crippen LogP contribution in [0.3, 0.4) is 0 Å². The Kier molecular flexibility index (Phi) is 53.3. The molecule has 0 aliphatic carbocycles. The SMILES string of the molecule is CC/C=C\C/C=C\C/C=C\C/C=C\C/C=C\CCCCCCCCCCCCCCCCCCCCCCCCCC(=O)NC(CO)C(O)/C=C/CC/C=C/CC/C=C/CCCCCC. The maximum Gasteiger partial charge on any atom is 0.220 e. The average Bonchev–Trinajstić information content (AvgIpc) is 3.31. The van der Waals surface area contributed by atoms with Gasteiger partial charge in [0.2, 0.25) is 5.91 Å². The summed E-state index contributed by atoms with van der Waals surface area (Å²) in [5, 5.41) is 23.0. The van der Waals surface area contributed by atoms with Crippen LogP contribution in [0.25, 0.3) is 0 Å². The van der Waals surface area contributed by atoms with Crippen LogP contribution < -0.4 is 5.32 Å². The number of carbonyl (C=O) groups is 1. The lowest BCUT2D eigenvalue weighted by molar-refractivity contribution is -0.123. The Morgan fingerprint density at radius 1 is 0.385 bits per heavy atom. The quantitative estimate of drug-likeness (QED) is 0.0421. The van der Waals surface area contributed by atoms with Crippen LogP contribution in [-0.4, -0.2) is 34.9 Å². The second kappa shape index (κ2) is 55.6. The van der Waals surface area contributed by atoms with Gasteiger partial charge in [-0.15, -0.1) is 0 Å². The molecular weight excluding hydrogens is 795 g/mol. The Balaban J connectivity index is 3.46. The number of hydrogen-bond acceptors (Lipinski definition) is 3. The van der Waals surface area contributed by atoms with Crippen molar-refractivity contribution in [1.29, 1.82) is 0 Å². The molecule has 0 saturated heterocycles. The van der Waals surface area contributed by atoms with Crippen LogP contribution in [-0.2, 0) is 4.79 Å².